The Labute approximate surface area is 276 Å². The fraction of sp³-hybridized carbons (Fsp3) is 0.0233. The van der Waals surface area contributed by atoms with E-state index in [0.717, 1.165) is 67.0 Å². The number of hydrogen-bond acceptors (Lipinski definition) is 4. The smallest absolute Gasteiger partial charge is 0.169 e. The normalized spacial score (nSPS) is 14.9. The summed E-state index contributed by atoms with van der Waals surface area (Å²) in [6.45, 7) is 0. The van der Waals surface area contributed by atoms with E-state index < -0.39 is 6.17 Å². The van der Waals surface area contributed by atoms with Crippen molar-refractivity contribution >= 4 is 66.2 Å². The van der Waals surface area contributed by atoms with E-state index >= 15 is 0 Å². The molecule has 48 heavy (non-hydrogen) atoms. The van der Waals surface area contributed by atoms with E-state index in [1.807, 2.05) is 30.3 Å². The predicted molar refractivity (Wildman–Crippen MR) is 197 cm³/mol. The van der Waals surface area contributed by atoms with Crippen LogP contribution < -0.4 is 5.32 Å². The van der Waals surface area contributed by atoms with Gasteiger partial charge in [-0.25, -0.2) is 9.98 Å². The highest BCUT2D eigenvalue weighted by Crippen LogP contribution is 2.41. The molecule has 0 saturated heterocycles. The average molecular weight is 617 g/mol. The molecule has 0 aliphatic carbocycles. The first-order valence-electron chi connectivity index (χ1n) is 16.2. The molecule has 0 radical (unpaired) electrons. The lowest BCUT2D eigenvalue weighted by Gasteiger charge is -2.22. The molecule has 0 saturated carbocycles. The highest BCUT2D eigenvalue weighted by Gasteiger charge is 2.22. The third kappa shape index (κ3) is 4.18. The molecular weight excluding hydrogens is 589 g/mol. The second-order valence-electron chi connectivity index (χ2n) is 12.3. The minimum absolute atomic E-state index is 0.399. The van der Waals surface area contributed by atoms with Crippen molar-refractivity contribution in [3.8, 4) is 5.69 Å². The summed E-state index contributed by atoms with van der Waals surface area (Å²) in [4.78, 5) is 10.3. The molecule has 5 nitrogen and oxygen atoms in total. The lowest BCUT2D eigenvalue weighted by molar-refractivity contribution is 0.664. The second kappa shape index (κ2) is 10.5. The fourth-order valence-electron chi connectivity index (χ4n) is 7.18. The van der Waals surface area contributed by atoms with E-state index in [1.165, 1.54) is 21.5 Å². The molecule has 1 aliphatic heterocycles. The first kappa shape index (κ1) is 26.7. The van der Waals surface area contributed by atoms with Crippen LogP contribution >= 0.6 is 0 Å². The summed E-state index contributed by atoms with van der Waals surface area (Å²) in [5.74, 6) is 1.61. The molecule has 2 aromatic heterocycles. The zero-order valence-corrected chi connectivity index (χ0v) is 25.8. The van der Waals surface area contributed by atoms with Crippen molar-refractivity contribution in [2.75, 3.05) is 0 Å². The van der Waals surface area contributed by atoms with Crippen molar-refractivity contribution in [3.63, 3.8) is 0 Å². The van der Waals surface area contributed by atoms with Crippen LogP contribution in [0.15, 0.2) is 172 Å². The van der Waals surface area contributed by atoms with Crippen LogP contribution in [0.25, 0.3) is 60.2 Å². The highest BCUT2D eigenvalue weighted by atomic mass is 16.3. The highest BCUT2D eigenvalue weighted by molar-refractivity contribution is 6.26. The molecule has 0 amide bonds. The Morgan fingerprint density at radius 2 is 1.17 bits per heavy atom. The van der Waals surface area contributed by atoms with Gasteiger partial charge in [-0.05, 0) is 64.2 Å². The van der Waals surface area contributed by atoms with E-state index in [9.17, 15) is 0 Å². The molecule has 1 N–H and O–H groups in total. The number of fused-ring (bicyclic) bond motifs is 3. The van der Waals surface area contributed by atoms with Crippen LogP contribution in [0.3, 0.4) is 0 Å². The Bertz CT molecular complexity index is 2750. The van der Waals surface area contributed by atoms with Crippen LogP contribution in [0.4, 0.5) is 0 Å². The van der Waals surface area contributed by atoms with Gasteiger partial charge in [0.25, 0.3) is 0 Å². The van der Waals surface area contributed by atoms with Crippen molar-refractivity contribution in [1.82, 2.24) is 9.88 Å². The van der Waals surface area contributed by atoms with Crippen LogP contribution in [0, 0.1) is 0 Å². The Morgan fingerprint density at radius 3 is 2.02 bits per heavy atom. The number of nitrogens with zero attached hydrogens (tertiary/aromatic N) is 3. The number of aliphatic imine (C=N–C) groups is 2. The van der Waals surface area contributed by atoms with Gasteiger partial charge in [0.05, 0.1) is 16.4 Å². The largest absolute Gasteiger partial charge is 0.456 e. The minimum atomic E-state index is -0.399. The lowest BCUT2D eigenvalue weighted by Crippen LogP contribution is -2.36. The second-order valence-corrected chi connectivity index (χ2v) is 12.3. The SMILES string of the molecule is c1ccc(C2=NC(c3ccc(-n4c5cccc6oc7ccccc7c7cccc4c7c65)cc3)N=C(c3ccc4ccccc4c3)N2)cc1. The maximum atomic E-state index is 6.54. The van der Waals surface area contributed by atoms with Crippen LogP contribution in [-0.4, -0.2) is 16.2 Å². The summed E-state index contributed by atoms with van der Waals surface area (Å²) in [7, 11) is 0. The maximum absolute atomic E-state index is 6.54. The predicted octanol–water partition coefficient (Wildman–Crippen LogP) is 10.3. The maximum Gasteiger partial charge on any atom is 0.169 e. The average Bonchev–Trinajstić information content (AvgIpc) is 3.42. The Balaban J connectivity index is 1.12. The molecule has 10 rings (SSSR count). The van der Waals surface area contributed by atoms with Crippen molar-refractivity contribution in [2.24, 2.45) is 9.98 Å². The third-order valence-electron chi connectivity index (χ3n) is 9.43. The summed E-state index contributed by atoms with van der Waals surface area (Å²) in [6, 6.07) is 55.0. The van der Waals surface area contributed by atoms with E-state index in [1.54, 1.807) is 0 Å². The van der Waals surface area contributed by atoms with Gasteiger partial charge in [0, 0.05) is 27.6 Å². The van der Waals surface area contributed by atoms with Crippen LogP contribution in [0.1, 0.15) is 22.9 Å². The molecular formula is C43H28N4O. The molecule has 1 aliphatic rings. The number of hydrogen-bond donors (Lipinski definition) is 1. The van der Waals surface area contributed by atoms with E-state index in [-0.39, 0.29) is 0 Å². The van der Waals surface area contributed by atoms with Gasteiger partial charge < -0.3 is 14.3 Å². The zero-order chi connectivity index (χ0) is 31.6. The van der Waals surface area contributed by atoms with Crippen molar-refractivity contribution < 1.29 is 4.42 Å². The Kier molecular flexibility index (Phi) is 5.87. The minimum Gasteiger partial charge on any atom is -0.456 e. The molecule has 3 heterocycles. The summed E-state index contributed by atoms with van der Waals surface area (Å²) in [6.07, 6.45) is -0.399. The quantitative estimate of drug-likeness (QED) is 0.214. The van der Waals surface area contributed by atoms with Crippen LogP contribution in [0.5, 0.6) is 0 Å². The molecule has 226 valence electrons. The summed E-state index contributed by atoms with van der Waals surface area (Å²) >= 11 is 0. The summed E-state index contributed by atoms with van der Waals surface area (Å²) in [5.41, 5.74) is 8.15. The fourth-order valence-corrected chi connectivity index (χ4v) is 7.18. The number of aromatic nitrogens is 1. The van der Waals surface area contributed by atoms with E-state index in [2.05, 4.69) is 137 Å². The van der Waals surface area contributed by atoms with Gasteiger partial charge in [0.1, 0.15) is 22.8 Å². The van der Waals surface area contributed by atoms with Crippen LogP contribution in [-0.2, 0) is 0 Å². The Morgan fingerprint density at radius 1 is 0.500 bits per heavy atom. The summed E-state index contributed by atoms with van der Waals surface area (Å²) < 4.78 is 8.87. The Hall–Kier alpha value is -6.46. The molecule has 0 spiro atoms. The van der Waals surface area contributed by atoms with Gasteiger partial charge >= 0.3 is 0 Å². The first-order valence-corrected chi connectivity index (χ1v) is 16.2. The lowest BCUT2D eigenvalue weighted by atomic mass is 10.0. The summed E-state index contributed by atoms with van der Waals surface area (Å²) in [5, 5.41) is 10.5. The van der Waals surface area contributed by atoms with Gasteiger partial charge in [-0.2, -0.15) is 0 Å². The molecule has 0 bridgehead atoms. The first-order chi connectivity index (χ1) is 23.8. The topological polar surface area (TPSA) is 54.8 Å². The number of para-hydroxylation sites is 1. The number of benzene rings is 7. The van der Waals surface area contributed by atoms with E-state index in [4.69, 9.17) is 14.4 Å². The zero-order valence-electron chi connectivity index (χ0n) is 25.8. The van der Waals surface area contributed by atoms with Crippen LogP contribution in [0.2, 0.25) is 0 Å². The molecule has 9 aromatic rings. The molecule has 7 aromatic carbocycles. The molecule has 1 atom stereocenters. The molecule has 0 fully saturated rings. The van der Waals surface area contributed by atoms with Gasteiger partial charge in [-0.3, -0.25) is 0 Å². The van der Waals surface area contributed by atoms with Crippen molar-refractivity contribution in [2.45, 2.75) is 6.17 Å². The van der Waals surface area contributed by atoms with E-state index in [0.29, 0.717) is 0 Å². The van der Waals surface area contributed by atoms with Gasteiger partial charge in [-0.1, -0.05) is 115 Å². The van der Waals surface area contributed by atoms with Gasteiger partial charge in [0.2, 0.25) is 0 Å². The van der Waals surface area contributed by atoms with Crippen molar-refractivity contribution in [3.05, 3.63) is 174 Å². The van der Waals surface area contributed by atoms with Crippen molar-refractivity contribution in [1.29, 1.82) is 0 Å². The monoisotopic (exact) mass is 616 g/mol. The van der Waals surface area contributed by atoms with Gasteiger partial charge in [-0.15, -0.1) is 0 Å². The molecule has 1 unspecified atom stereocenters. The standard InChI is InChI=1S/C43H28N4O/c1-2-11-28(12-3-1)41-44-42(46-43(45-41)31-21-20-27-10-4-5-13-30(27)26-31)29-22-24-32(25-23-29)47-35-16-8-15-34-33-14-6-7-18-37(33)48-38-19-9-17-36(47)40(38)39(34)35/h1-26,42H,(H,44,45,46). The third-order valence-corrected chi connectivity index (χ3v) is 9.43. The number of amidine groups is 2. The number of rotatable bonds is 4. The molecule has 5 heteroatoms. The van der Waals surface area contributed by atoms with Gasteiger partial charge in [0.15, 0.2) is 6.17 Å². The number of nitrogens with one attached hydrogen (secondary N) is 1.